The molecule has 1 aromatic heterocycles. The highest BCUT2D eigenvalue weighted by Crippen LogP contribution is 2.23. The lowest BCUT2D eigenvalue weighted by atomic mass is 10.1. The Hall–Kier alpha value is -2.23. The van der Waals surface area contributed by atoms with Gasteiger partial charge in [0, 0.05) is 13.1 Å². The fraction of sp³-hybridized carbons (Fsp3) is 0.231. The molecule has 2 aromatic rings. The van der Waals surface area contributed by atoms with Gasteiger partial charge in [-0.3, -0.25) is 10.2 Å². The van der Waals surface area contributed by atoms with Crippen molar-refractivity contribution in [3.8, 4) is 0 Å². The topological polar surface area (TPSA) is 105 Å². The van der Waals surface area contributed by atoms with Gasteiger partial charge in [-0.15, -0.1) is 4.83 Å². The van der Waals surface area contributed by atoms with Crippen LogP contribution in [0.15, 0.2) is 35.1 Å². The Morgan fingerprint density at radius 1 is 1.27 bits per heavy atom. The molecule has 9 heteroatoms. The molecule has 1 aromatic carbocycles. The molecule has 0 unspecified atom stereocenters. The molecule has 0 radical (unpaired) electrons. The number of hydrogen-bond donors (Lipinski definition) is 2. The van der Waals surface area contributed by atoms with Crippen LogP contribution in [0.5, 0.6) is 0 Å². The number of nitrogens with one attached hydrogen (secondary N) is 2. The van der Waals surface area contributed by atoms with Gasteiger partial charge in [0.1, 0.15) is 5.76 Å². The molecule has 1 aliphatic rings. The lowest BCUT2D eigenvalue weighted by Crippen LogP contribution is -2.47. The third kappa shape index (κ3) is 2.73. The lowest BCUT2D eigenvalue weighted by molar-refractivity contribution is 0.0938. The predicted molar refractivity (Wildman–Crippen MR) is 76.5 cm³/mol. The van der Waals surface area contributed by atoms with Gasteiger partial charge in [0.25, 0.3) is 16.1 Å². The Kier molecular flexibility index (Phi) is 3.69. The molecule has 0 atom stereocenters. The normalized spacial score (nSPS) is 14.8. The first-order valence-electron chi connectivity index (χ1n) is 6.51. The summed E-state index contributed by atoms with van der Waals surface area (Å²) in [6.45, 7) is 2.10. The average molecular weight is 322 g/mol. The van der Waals surface area contributed by atoms with Crippen LogP contribution in [-0.2, 0) is 23.3 Å². The van der Waals surface area contributed by atoms with Crippen LogP contribution >= 0.6 is 0 Å². The number of fused-ring (bicyclic) bond motifs is 1. The third-order valence-electron chi connectivity index (χ3n) is 3.41. The van der Waals surface area contributed by atoms with Crippen molar-refractivity contribution in [2.24, 2.45) is 0 Å². The van der Waals surface area contributed by atoms with E-state index in [9.17, 15) is 13.2 Å². The summed E-state index contributed by atoms with van der Waals surface area (Å²) >= 11 is 0. The van der Waals surface area contributed by atoms with E-state index >= 15 is 0 Å². The number of hydrazine groups is 1. The SMILES string of the molecule is Cc1ocnc1C(=O)NNS(=O)(=O)N1Cc2ccccc2C1. The Morgan fingerprint density at radius 2 is 1.91 bits per heavy atom. The minimum absolute atomic E-state index is 0.0346. The van der Waals surface area contributed by atoms with Crippen molar-refractivity contribution in [2.45, 2.75) is 20.0 Å². The molecule has 0 fully saturated rings. The Morgan fingerprint density at radius 3 is 2.45 bits per heavy atom. The molecular formula is C13H14N4O4S. The lowest BCUT2D eigenvalue weighted by Gasteiger charge is -2.16. The number of amides is 1. The fourth-order valence-corrected chi connectivity index (χ4v) is 3.20. The van der Waals surface area contributed by atoms with Crippen LogP contribution in [-0.4, -0.2) is 23.6 Å². The molecule has 0 saturated heterocycles. The van der Waals surface area contributed by atoms with Gasteiger partial charge in [0.05, 0.1) is 0 Å². The van der Waals surface area contributed by atoms with Crippen molar-refractivity contribution < 1.29 is 17.6 Å². The summed E-state index contributed by atoms with van der Waals surface area (Å²) in [5, 5.41) is 0. The van der Waals surface area contributed by atoms with E-state index < -0.39 is 16.1 Å². The molecule has 22 heavy (non-hydrogen) atoms. The summed E-state index contributed by atoms with van der Waals surface area (Å²) < 4.78 is 30.6. The molecule has 3 rings (SSSR count). The molecule has 116 valence electrons. The van der Waals surface area contributed by atoms with Gasteiger partial charge in [-0.05, 0) is 18.1 Å². The number of aromatic nitrogens is 1. The van der Waals surface area contributed by atoms with E-state index in [1.54, 1.807) is 6.92 Å². The number of aryl methyl sites for hydroxylation is 1. The number of rotatable bonds is 4. The van der Waals surface area contributed by atoms with Gasteiger partial charge in [0.2, 0.25) is 0 Å². The minimum Gasteiger partial charge on any atom is -0.448 e. The van der Waals surface area contributed by atoms with Crippen molar-refractivity contribution in [1.82, 2.24) is 19.5 Å². The molecule has 2 heterocycles. The van der Waals surface area contributed by atoms with Crippen LogP contribution in [0, 0.1) is 6.92 Å². The summed E-state index contributed by atoms with van der Waals surface area (Å²) in [6, 6.07) is 7.47. The largest absolute Gasteiger partial charge is 0.448 e. The van der Waals surface area contributed by atoms with E-state index in [-0.39, 0.29) is 18.8 Å². The van der Waals surface area contributed by atoms with Crippen LogP contribution in [0.3, 0.4) is 0 Å². The van der Waals surface area contributed by atoms with Crippen molar-refractivity contribution in [1.29, 1.82) is 0 Å². The maximum Gasteiger partial charge on any atom is 0.297 e. The monoisotopic (exact) mass is 322 g/mol. The number of carbonyl (C=O) groups is 1. The maximum atomic E-state index is 12.2. The highest BCUT2D eigenvalue weighted by atomic mass is 32.2. The molecule has 1 amide bonds. The minimum atomic E-state index is -3.83. The quantitative estimate of drug-likeness (QED) is 0.797. The summed E-state index contributed by atoms with van der Waals surface area (Å²) in [5.41, 5.74) is 4.06. The summed E-state index contributed by atoms with van der Waals surface area (Å²) in [7, 11) is -3.83. The molecule has 0 saturated carbocycles. The van der Waals surface area contributed by atoms with Crippen molar-refractivity contribution >= 4 is 16.1 Å². The number of oxazole rings is 1. The smallest absolute Gasteiger partial charge is 0.297 e. The average Bonchev–Trinajstić information content (AvgIpc) is 3.11. The molecule has 0 spiro atoms. The first-order chi connectivity index (χ1) is 10.5. The van der Waals surface area contributed by atoms with Crippen LogP contribution < -0.4 is 10.3 Å². The van der Waals surface area contributed by atoms with E-state index in [2.05, 4.69) is 15.2 Å². The van der Waals surface area contributed by atoms with E-state index in [1.165, 1.54) is 4.31 Å². The van der Waals surface area contributed by atoms with Gasteiger partial charge in [0.15, 0.2) is 12.1 Å². The van der Waals surface area contributed by atoms with E-state index in [0.29, 0.717) is 5.76 Å². The highest BCUT2D eigenvalue weighted by molar-refractivity contribution is 7.87. The Bertz CT molecular complexity index is 790. The van der Waals surface area contributed by atoms with Crippen molar-refractivity contribution in [2.75, 3.05) is 0 Å². The summed E-state index contributed by atoms with van der Waals surface area (Å²) in [5.74, 6) is -0.364. The van der Waals surface area contributed by atoms with Gasteiger partial charge in [-0.2, -0.15) is 12.7 Å². The number of hydrogen-bond acceptors (Lipinski definition) is 5. The zero-order valence-electron chi connectivity index (χ0n) is 11.7. The standard InChI is InChI=1S/C13H14N4O4S/c1-9-12(14-8-21-9)13(18)15-16-22(19,20)17-6-10-4-2-3-5-11(10)7-17/h2-5,8,16H,6-7H2,1H3,(H,15,18). The van der Waals surface area contributed by atoms with Gasteiger partial charge in [-0.25, -0.2) is 4.98 Å². The molecule has 0 bridgehead atoms. The van der Waals surface area contributed by atoms with E-state index in [0.717, 1.165) is 17.5 Å². The Labute approximate surface area is 127 Å². The molecule has 8 nitrogen and oxygen atoms in total. The fourth-order valence-electron chi connectivity index (χ4n) is 2.23. The molecule has 2 N–H and O–H groups in total. The first-order valence-corrected chi connectivity index (χ1v) is 7.95. The molecular weight excluding hydrogens is 308 g/mol. The highest BCUT2D eigenvalue weighted by Gasteiger charge is 2.29. The number of benzene rings is 1. The second kappa shape index (κ2) is 5.52. The second-order valence-electron chi connectivity index (χ2n) is 4.86. The van der Waals surface area contributed by atoms with E-state index in [4.69, 9.17) is 4.42 Å². The zero-order chi connectivity index (χ0) is 15.7. The number of carbonyl (C=O) groups excluding carboxylic acids is 1. The van der Waals surface area contributed by atoms with Crippen LogP contribution in [0.4, 0.5) is 0 Å². The van der Waals surface area contributed by atoms with Gasteiger partial charge in [-0.1, -0.05) is 24.3 Å². The Balaban J connectivity index is 1.66. The summed E-state index contributed by atoms with van der Waals surface area (Å²) in [4.78, 5) is 17.6. The maximum absolute atomic E-state index is 12.2. The number of nitrogens with zero attached hydrogens (tertiary/aromatic N) is 2. The summed E-state index contributed by atoms with van der Waals surface area (Å²) in [6.07, 6.45) is 1.12. The second-order valence-corrected chi connectivity index (χ2v) is 6.53. The van der Waals surface area contributed by atoms with Crippen LogP contribution in [0.25, 0.3) is 0 Å². The molecule has 1 aliphatic heterocycles. The van der Waals surface area contributed by atoms with Gasteiger partial charge < -0.3 is 4.42 Å². The van der Waals surface area contributed by atoms with Gasteiger partial charge >= 0.3 is 0 Å². The zero-order valence-corrected chi connectivity index (χ0v) is 12.6. The third-order valence-corrected chi connectivity index (χ3v) is 4.70. The molecule has 0 aliphatic carbocycles. The van der Waals surface area contributed by atoms with Crippen molar-refractivity contribution in [3.63, 3.8) is 0 Å². The predicted octanol–water partition coefficient (Wildman–Crippen LogP) is 0.478. The van der Waals surface area contributed by atoms with Crippen LogP contribution in [0.1, 0.15) is 27.4 Å². The van der Waals surface area contributed by atoms with E-state index in [1.807, 2.05) is 24.3 Å². The van der Waals surface area contributed by atoms with Crippen molar-refractivity contribution in [3.05, 3.63) is 53.2 Å². The first kappa shape index (κ1) is 14.7. The van der Waals surface area contributed by atoms with Crippen LogP contribution in [0.2, 0.25) is 0 Å².